The van der Waals surface area contributed by atoms with E-state index >= 15 is 0 Å². The lowest BCUT2D eigenvalue weighted by Crippen LogP contribution is -2.31. The van der Waals surface area contributed by atoms with Gasteiger partial charge in [0, 0.05) is 15.7 Å². The normalized spacial score (nSPS) is 17.0. The van der Waals surface area contributed by atoms with Crippen LogP contribution in [0.2, 0.25) is 0 Å². The Labute approximate surface area is 131 Å². The summed E-state index contributed by atoms with van der Waals surface area (Å²) in [6.45, 7) is 0.505. The molecule has 0 spiro atoms. The fourth-order valence-electron chi connectivity index (χ4n) is 2.52. The Morgan fingerprint density at radius 2 is 1.95 bits per heavy atom. The number of halogens is 1. The Kier molecular flexibility index (Phi) is 3.69. The van der Waals surface area contributed by atoms with Crippen molar-refractivity contribution in [3.63, 3.8) is 0 Å². The molecule has 1 aliphatic rings. The van der Waals surface area contributed by atoms with Gasteiger partial charge in [-0.2, -0.15) is 0 Å². The summed E-state index contributed by atoms with van der Waals surface area (Å²) in [5.74, 6) is 0.728. The average molecular weight is 347 g/mol. The van der Waals surface area contributed by atoms with E-state index in [-0.39, 0.29) is 5.91 Å². The number of carbonyl (C=O) groups excluding carboxylic acids is 1. The standard InChI is InChI=1S/C16H15BrN2O2/c1-21-12-5-2-10(3-6-12)9-19-14-7-4-11(17)8-13(14)15(18)16(19)20/h2-8,15H,9,18H2,1H3. The van der Waals surface area contributed by atoms with Gasteiger partial charge in [0.15, 0.2) is 0 Å². The number of rotatable bonds is 3. The predicted octanol–water partition coefficient (Wildman–Crippen LogP) is 3.00. The van der Waals surface area contributed by atoms with Crippen LogP contribution in [0.5, 0.6) is 5.75 Å². The van der Waals surface area contributed by atoms with Crippen LogP contribution in [0, 0.1) is 0 Å². The molecule has 3 rings (SSSR count). The van der Waals surface area contributed by atoms with Gasteiger partial charge in [-0.1, -0.05) is 28.1 Å². The molecule has 0 aliphatic carbocycles. The molecule has 0 saturated carbocycles. The van der Waals surface area contributed by atoms with Crippen LogP contribution in [0.3, 0.4) is 0 Å². The van der Waals surface area contributed by atoms with Crippen LogP contribution in [-0.4, -0.2) is 13.0 Å². The van der Waals surface area contributed by atoms with Crippen molar-refractivity contribution in [2.24, 2.45) is 5.73 Å². The number of hydrogen-bond acceptors (Lipinski definition) is 3. The molecular formula is C16H15BrN2O2. The number of ether oxygens (including phenoxy) is 1. The molecular weight excluding hydrogens is 332 g/mol. The summed E-state index contributed by atoms with van der Waals surface area (Å²) >= 11 is 3.42. The molecule has 1 unspecified atom stereocenters. The zero-order valence-electron chi connectivity index (χ0n) is 11.5. The zero-order valence-corrected chi connectivity index (χ0v) is 13.1. The second-order valence-electron chi connectivity index (χ2n) is 4.95. The Bertz CT molecular complexity index is 685. The summed E-state index contributed by atoms with van der Waals surface area (Å²) in [7, 11) is 1.63. The molecule has 0 saturated heterocycles. The van der Waals surface area contributed by atoms with Crippen LogP contribution in [0.15, 0.2) is 46.9 Å². The van der Waals surface area contributed by atoms with Crippen molar-refractivity contribution in [3.05, 3.63) is 58.1 Å². The summed E-state index contributed by atoms with van der Waals surface area (Å²) in [6.07, 6.45) is 0. The lowest BCUT2D eigenvalue weighted by Gasteiger charge is -2.18. The maximum Gasteiger partial charge on any atom is 0.248 e. The summed E-state index contributed by atoms with van der Waals surface area (Å²) < 4.78 is 6.07. The first kappa shape index (κ1) is 14.1. The highest BCUT2D eigenvalue weighted by molar-refractivity contribution is 9.10. The fraction of sp³-hybridized carbons (Fsp3) is 0.188. The molecule has 0 aromatic heterocycles. The van der Waals surface area contributed by atoms with Gasteiger partial charge in [-0.05, 0) is 35.9 Å². The second-order valence-corrected chi connectivity index (χ2v) is 5.87. The molecule has 1 heterocycles. The first-order chi connectivity index (χ1) is 10.1. The molecule has 2 aromatic rings. The Morgan fingerprint density at radius 1 is 1.24 bits per heavy atom. The lowest BCUT2D eigenvalue weighted by atomic mass is 10.1. The molecule has 1 aliphatic heterocycles. The number of hydrogen-bond donors (Lipinski definition) is 1. The van der Waals surface area contributed by atoms with E-state index in [1.54, 1.807) is 12.0 Å². The maximum absolute atomic E-state index is 12.4. The van der Waals surface area contributed by atoms with Crippen molar-refractivity contribution in [1.29, 1.82) is 0 Å². The third-order valence-corrected chi connectivity index (χ3v) is 4.14. The van der Waals surface area contributed by atoms with Crippen molar-refractivity contribution >= 4 is 27.5 Å². The SMILES string of the molecule is COc1ccc(CN2C(=O)C(N)c3cc(Br)ccc32)cc1. The number of carbonyl (C=O) groups is 1. The minimum atomic E-state index is -0.587. The van der Waals surface area contributed by atoms with Crippen LogP contribution in [0.25, 0.3) is 0 Å². The fourth-order valence-corrected chi connectivity index (χ4v) is 2.90. The van der Waals surface area contributed by atoms with Gasteiger partial charge < -0.3 is 15.4 Å². The highest BCUT2D eigenvalue weighted by Crippen LogP contribution is 2.37. The van der Waals surface area contributed by atoms with Crippen LogP contribution < -0.4 is 15.4 Å². The number of benzene rings is 2. The monoisotopic (exact) mass is 346 g/mol. The third kappa shape index (κ3) is 2.54. The Balaban J connectivity index is 1.90. The Hall–Kier alpha value is -1.85. The van der Waals surface area contributed by atoms with Gasteiger partial charge in [0.1, 0.15) is 11.8 Å². The molecule has 2 N–H and O–H groups in total. The highest BCUT2D eigenvalue weighted by atomic mass is 79.9. The number of methoxy groups -OCH3 is 1. The molecule has 2 aromatic carbocycles. The van der Waals surface area contributed by atoms with Gasteiger partial charge in [0.2, 0.25) is 5.91 Å². The van der Waals surface area contributed by atoms with Gasteiger partial charge in [-0.25, -0.2) is 0 Å². The van der Waals surface area contributed by atoms with Crippen molar-refractivity contribution in [3.8, 4) is 5.75 Å². The third-order valence-electron chi connectivity index (χ3n) is 3.65. The smallest absolute Gasteiger partial charge is 0.248 e. The average Bonchev–Trinajstić information content (AvgIpc) is 2.73. The van der Waals surface area contributed by atoms with Crippen LogP contribution in [-0.2, 0) is 11.3 Å². The molecule has 5 heteroatoms. The molecule has 0 bridgehead atoms. The van der Waals surface area contributed by atoms with Gasteiger partial charge in [0.05, 0.1) is 13.7 Å². The minimum absolute atomic E-state index is 0.0704. The number of nitrogens with zero attached hydrogens (tertiary/aromatic N) is 1. The highest BCUT2D eigenvalue weighted by Gasteiger charge is 2.34. The molecule has 108 valence electrons. The largest absolute Gasteiger partial charge is 0.497 e. The number of fused-ring (bicyclic) bond motifs is 1. The van der Waals surface area contributed by atoms with Gasteiger partial charge >= 0.3 is 0 Å². The topological polar surface area (TPSA) is 55.6 Å². The van der Waals surface area contributed by atoms with E-state index in [2.05, 4.69) is 15.9 Å². The Morgan fingerprint density at radius 3 is 2.62 bits per heavy atom. The first-order valence-corrected chi connectivity index (χ1v) is 7.39. The zero-order chi connectivity index (χ0) is 15.0. The van der Waals surface area contributed by atoms with E-state index in [9.17, 15) is 4.79 Å². The van der Waals surface area contributed by atoms with E-state index in [0.717, 1.165) is 27.0 Å². The van der Waals surface area contributed by atoms with Gasteiger partial charge in [-0.3, -0.25) is 4.79 Å². The summed E-state index contributed by atoms with van der Waals surface area (Å²) in [5.41, 5.74) is 8.80. The van der Waals surface area contributed by atoms with Crippen molar-refractivity contribution in [2.45, 2.75) is 12.6 Å². The molecule has 1 atom stereocenters. The van der Waals surface area contributed by atoms with Crippen LogP contribution in [0.1, 0.15) is 17.2 Å². The van der Waals surface area contributed by atoms with E-state index in [4.69, 9.17) is 10.5 Å². The minimum Gasteiger partial charge on any atom is -0.497 e. The van der Waals surface area contributed by atoms with Crippen molar-refractivity contribution in [2.75, 3.05) is 12.0 Å². The first-order valence-electron chi connectivity index (χ1n) is 6.59. The predicted molar refractivity (Wildman–Crippen MR) is 85.3 cm³/mol. The van der Waals surface area contributed by atoms with E-state index in [1.165, 1.54) is 0 Å². The number of nitrogens with two attached hydrogens (primary N) is 1. The van der Waals surface area contributed by atoms with Crippen molar-refractivity contribution < 1.29 is 9.53 Å². The summed E-state index contributed by atoms with van der Waals surface area (Å²) in [4.78, 5) is 14.1. The van der Waals surface area contributed by atoms with Crippen LogP contribution >= 0.6 is 15.9 Å². The van der Waals surface area contributed by atoms with Crippen molar-refractivity contribution in [1.82, 2.24) is 0 Å². The summed E-state index contributed by atoms with van der Waals surface area (Å²) in [6, 6.07) is 12.8. The number of amides is 1. The second kappa shape index (κ2) is 5.50. The molecule has 0 radical (unpaired) electrons. The van der Waals surface area contributed by atoms with Gasteiger partial charge in [-0.15, -0.1) is 0 Å². The van der Waals surface area contributed by atoms with E-state index in [1.807, 2.05) is 42.5 Å². The lowest BCUT2D eigenvalue weighted by molar-refractivity contribution is -0.119. The van der Waals surface area contributed by atoms with E-state index in [0.29, 0.717) is 6.54 Å². The molecule has 21 heavy (non-hydrogen) atoms. The van der Waals surface area contributed by atoms with Crippen LogP contribution in [0.4, 0.5) is 5.69 Å². The quantitative estimate of drug-likeness (QED) is 0.929. The maximum atomic E-state index is 12.4. The molecule has 1 amide bonds. The molecule has 0 fully saturated rings. The summed E-state index contributed by atoms with van der Waals surface area (Å²) in [5, 5.41) is 0. The van der Waals surface area contributed by atoms with Gasteiger partial charge in [0.25, 0.3) is 0 Å². The number of anilines is 1. The van der Waals surface area contributed by atoms with E-state index < -0.39 is 6.04 Å². The molecule has 4 nitrogen and oxygen atoms in total.